The van der Waals surface area contributed by atoms with Crippen molar-refractivity contribution in [3.05, 3.63) is 64.9 Å². The first-order chi connectivity index (χ1) is 12.8. The number of carbonyl (C=O) groups excluding carboxylic acids is 1. The molecular formula is C19H15ClFNO4S. The van der Waals surface area contributed by atoms with E-state index < -0.39 is 38.2 Å². The van der Waals surface area contributed by atoms with E-state index in [0.717, 1.165) is 6.07 Å². The number of carbonyl (C=O) groups is 1. The first-order valence-electron chi connectivity index (χ1n) is 8.12. The van der Waals surface area contributed by atoms with Crippen LogP contribution in [0.4, 0.5) is 4.39 Å². The van der Waals surface area contributed by atoms with Gasteiger partial charge >= 0.3 is 5.97 Å². The zero-order valence-electron chi connectivity index (χ0n) is 14.2. The molecule has 0 saturated heterocycles. The summed E-state index contributed by atoms with van der Waals surface area (Å²) >= 11 is 5.81. The number of rotatable bonds is 5. The third kappa shape index (κ3) is 3.09. The normalized spacial score (nSPS) is 24.1. The van der Waals surface area contributed by atoms with Crippen LogP contribution in [0, 0.1) is 22.6 Å². The van der Waals surface area contributed by atoms with E-state index in [1.165, 1.54) is 42.5 Å². The second kappa shape index (κ2) is 6.95. The van der Waals surface area contributed by atoms with E-state index in [9.17, 15) is 22.9 Å². The summed E-state index contributed by atoms with van der Waals surface area (Å²) in [4.78, 5) is 12.5. The SMILES string of the molecule is CCOC(=O)[C@@]1(C#N)[C@@H](c2cccc(F)c2)[C@@H]1S(=O)(=O)c1ccc(Cl)cc1. The van der Waals surface area contributed by atoms with Gasteiger partial charge in [-0.05, 0) is 48.9 Å². The fourth-order valence-corrected chi connectivity index (χ4v) is 5.73. The first kappa shape index (κ1) is 19.3. The summed E-state index contributed by atoms with van der Waals surface area (Å²) in [5.41, 5.74) is -1.67. The first-order valence-corrected chi connectivity index (χ1v) is 10.0. The highest BCUT2D eigenvalue weighted by Crippen LogP contribution is 2.64. The van der Waals surface area contributed by atoms with Gasteiger partial charge in [0.25, 0.3) is 0 Å². The molecule has 8 heteroatoms. The van der Waals surface area contributed by atoms with Crippen molar-refractivity contribution in [3.8, 4) is 6.07 Å². The Bertz CT molecular complexity index is 1030. The van der Waals surface area contributed by atoms with Gasteiger partial charge in [0.1, 0.15) is 11.1 Å². The highest BCUT2D eigenvalue weighted by atomic mass is 35.5. The van der Waals surface area contributed by atoms with Gasteiger partial charge in [-0.25, -0.2) is 12.8 Å². The molecule has 0 bridgehead atoms. The quantitative estimate of drug-likeness (QED) is 0.708. The minimum atomic E-state index is -4.08. The average Bonchev–Trinajstić information content (AvgIpc) is 3.34. The van der Waals surface area contributed by atoms with E-state index in [2.05, 4.69) is 0 Å². The van der Waals surface area contributed by atoms with Crippen LogP contribution in [-0.2, 0) is 19.4 Å². The van der Waals surface area contributed by atoms with Gasteiger partial charge in [-0.1, -0.05) is 23.7 Å². The Morgan fingerprint density at radius 1 is 1.30 bits per heavy atom. The van der Waals surface area contributed by atoms with Gasteiger partial charge in [-0.2, -0.15) is 5.26 Å². The Balaban J connectivity index is 2.14. The van der Waals surface area contributed by atoms with E-state index in [1.807, 2.05) is 6.07 Å². The lowest BCUT2D eigenvalue weighted by molar-refractivity contribution is -0.147. The lowest BCUT2D eigenvalue weighted by Crippen LogP contribution is -2.25. The van der Waals surface area contributed by atoms with E-state index in [4.69, 9.17) is 16.3 Å². The Kier molecular flexibility index (Phi) is 4.98. The molecule has 0 unspecified atom stereocenters. The molecule has 140 valence electrons. The maximum atomic E-state index is 13.7. The highest BCUT2D eigenvalue weighted by molar-refractivity contribution is 7.92. The van der Waals surface area contributed by atoms with E-state index >= 15 is 0 Å². The third-order valence-electron chi connectivity index (χ3n) is 4.62. The fraction of sp³-hybridized carbons (Fsp3) is 0.263. The molecule has 2 aromatic carbocycles. The molecule has 1 fully saturated rings. The molecule has 0 N–H and O–H groups in total. The lowest BCUT2D eigenvalue weighted by atomic mass is 10.0. The standard InChI is InChI=1S/C19H15ClFNO4S/c1-2-26-18(23)19(11-22)16(12-4-3-5-14(21)10-12)17(19)27(24,25)15-8-6-13(20)7-9-15/h3-10,16-17H,2H2,1H3/t16-,17-,19-/m0/s1. The van der Waals surface area contributed by atoms with Crippen molar-refractivity contribution in [1.82, 2.24) is 0 Å². The summed E-state index contributed by atoms with van der Waals surface area (Å²) in [7, 11) is -4.08. The van der Waals surface area contributed by atoms with Crippen LogP contribution in [0.2, 0.25) is 5.02 Å². The molecule has 1 aliphatic rings. The monoisotopic (exact) mass is 407 g/mol. The predicted octanol–water partition coefficient (Wildman–Crippen LogP) is 3.49. The number of esters is 1. The number of halogens is 2. The molecule has 27 heavy (non-hydrogen) atoms. The smallest absolute Gasteiger partial charge is 0.328 e. The molecule has 3 atom stereocenters. The number of nitrogens with zero attached hydrogens (tertiary/aromatic N) is 1. The van der Waals surface area contributed by atoms with Crippen LogP contribution in [0.5, 0.6) is 0 Å². The van der Waals surface area contributed by atoms with Crippen LogP contribution in [0.3, 0.4) is 0 Å². The average molecular weight is 408 g/mol. The third-order valence-corrected chi connectivity index (χ3v) is 7.11. The van der Waals surface area contributed by atoms with Crippen LogP contribution in [-0.4, -0.2) is 26.2 Å². The Morgan fingerprint density at radius 2 is 1.96 bits per heavy atom. The molecule has 0 amide bonds. The van der Waals surface area contributed by atoms with Crippen LogP contribution in [0.15, 0.2) is 53.4 Å². The van der Waals surface area contributed by atoms with Crippen molar-refractivity contribution in [1.29, 1.82) is 5.26 Å². The topological polar surface area (TPSA) is 84.2 Å². The minimum absolute atomic E-state index is 0.00809. The summed E-state index contributed by atoms with van der Waals surface area (Å²) in [6.45, 7) is 1.55. The van der Waals surface area contributed by atoms with Crippen LogP contribution >= 0.6 is 11.6 Å². The number of ether oxygens (including phenoxy) is 1. The second-order valence-electron chi connectivity index (χ2n) is 6.15. The van der Waals surface area contributed by atoms with E-state index in [1.54, 1.807) is 6.92 Å². The van der Waals surface area contributed by atoms with Crippen molar-refractivity contribution in [3.63, 3.8) is 0 Å². The summed E-state index contributed by atoms with van der Waals surface area (Å²) in [6.07, 6.45) is 0. The van der Waals surface area contributed by atoms with Gasteiger partial charge in [-0.15, -0.1) is 0 Å². The Hall–Kier alpha value is -2.43. The van der Waals surface area contributed by atoms with E-state index in [0.29, 0.717) is 5.02 Å². The number of hydrogen-bond acceptors (Lipinski definition) is 5. The molecular weight excluding hydrogens is 393 g/mol. The maximum Gasteiger partial charge on any atom is 0.328 e. The molecule has 0 radical (unpaired) electrons. The molecule has 2 aromatic rings. The summed E-state index contributed by atoms with van der Waals surface area (Å²) in [6, 6.07) is 12.5. The van der Waals surface area contributed by atoms with Crippen molar-refractivity contribution < 1.29 is 22.3 Å². The van der Waals surface area contributed by atoms with Crippen molar-refractivity contribution in [2.24, 2.45) is 5.41 Å². The van der Waals surface area contributed by atoms with E-state index in [-0.39, 0.29) is 17.1 Å². The second-order valence-corrected chi connectivity index (χ2v) is 8.66. The van der Waals surface area contributed by atoms with Crippen LogP contribution in [0.25, 0.3) is 0 Å². The van der Waals surface area contributed by atoms with Crippen molar-refractivity contribution in [2.45, 2.75) is 23.0 Å². The van der Waals surface area contributed by atoms with Gasteiger partial charge in [0.15, 0.2) is 15.3 Å². The molecule has 0 aromatic heterocycles. The molecule has 0 aliphatic heterocycles. The van der Waals surface area contributed by atoms with Gasteiger partial charge in [0, 0.05) is 10.9 Å². The maximum absolute atomic E-state index is 13.7. The highest BCUT2D eigenvalue weighted by Gasteiger charge is 2.77. The number of sulfone groups is 1. The minimum Gasteiger partial charge on any atom is -0.465 e. The molecule has 0 heterocycles. The predicted molar refractivity (Wildman–Crippen MR) is 96.2 cm³/mol. The van der Waals surface area contributed by atoms with Gasteiger partial charge in [-0.3, -0.25) is 4.79 Å². The lowest BCUT2D eigenvalue weighted by Gasteiger charge is -2.09. The van der Waals surface area contributed by atoms with Crippen LogP contribution < -0.4 is 0 Å². The van der Waals surface area contributed by atoms with Gasteiger partial charge < -0.3 is 4.74 Å². The summed E-state index contributed by atoms with van der Waals surface area (Å²) in [5.74, 6) is -2.54. The molecule has 0 spiro atoms. The van der Waals surface area contributed by atoms with Gasteiger partial charge in [0.2, 0.25) is 0 Å². The molecule has 3 rings (SSSR count). The van der Waals surface area contributed by atoms with Crippen LogP contribution in [0.1, 0.15) is 18.4 Å². The zero-order chi connectivity index (χ0) is 19.8. The zero-order valence-corrected chi connectivity index (χ0v) is 15.8. The number of hydrogen-bond donors (Lipinski definition) is 0. The molecule has 1 aliphatic carbocycles. The summed E-state index contributed by atoms with van der Waals surface area (Å²) in [5, 5.41) is 8.72. The number of benzene rings is 2. The Morgan fingerprint density at radius 3 is 2.52 bits per heavy atom. The largest absolute Gasteiger partial charge is 0.465 e. The Labute approximate surface area is 161 Å². The fourth-order valence-electron chi connectivity index (χ4n) is 3.36. The van der Waals surface area contributed by atoms with Crippen molar-refractivity contribution >= 4 is 27.4 Å². The molecule has 1 saturated carbocycles. The van der Waals surface area contributed by atoms with Crippen molar-refractivity contribution in [2.75, 3.05) is 6.61 Å². The summed E-state index contributed by atoms with van der Waals surface area (Å²) < 4.78 is 45.0. The van der Waals surface area contributed by atoms with Gasteiger partial charge in [0.05, 0.1) is 17.6 Å². The number of nitriles is 1. The molecule has 5 nitrogen and oxygen atoms in total.